The topological polar surface area (TPSA) is 75.7 Å². The van der Waals surface area contributed by atoms with Crippen molar-refractivity contribution in [3.8, 4) is 0 Å². The van der Waals surface area contributed by atoms with Crippen LogP contribution >= 0.6 is 0 Å². The molecule has 0 saturated heterocycles. The molecule has 7 heteroatoms. The van der Waals surface area contributed by atoms with Crippen LogP contribution in [0.3, 0.4) is 0 Å². The zero-order chi connectivity index (χ0) is 16.6. The maximum atomic E-state index is 12.0. The molecule has 0 aliphatic rings. The maximum Gasteiger partial charge on any atom is 0.232 e. The van der Waals surface area contributed by atoms with Gasteiger partial charge >= 0.3 is 0 Å². The number of benzene rings is 1. The van der Waals surface area contributed by atoms with Crippen LogP contribution in [-0.4, -0.2) is 47.4 Å². The number of carbonyl (C=O) groups is 1. The molecule has 0 radical (unpaired) electrons. The summed E-state index contributed by atoms with van der Waals surface area (Å²) in [4.78, 5) is 11.6. The van der Waals surface area contributed by atoms with Crippen molar-refractivity contribution >= 4 is 21.6 Å². The number of hydrogen-bond donors (Lipinski definition) is 1. The van der Waals surface area contributed by atoms with Crippen molar-refractivity contribution in [2.24, 2.45) is 0 Å². The number of amides is 1. The lowest BCUT2D eigenvalue weighted by Gasteiger charge is -2.24. The summed E-state index contributed by atoms with van der Waals surface area (Å²) in [6.45, 7) is 3.07. The van der Waals surface area contributed by atoms with E-state index in [0.717, 1.165) is 5.56 Å². The lowest BCUT2D eigenvalue weighted by Crippen LogP contribution is -2.33. The smallest absolute Gasteiger partial charge is 0.232 e. The molecule has 1 rings (SSSR count). The molecule has 0 unspecified atom stereocenters. The fraction of sp³-hybridized carbons (Fsp3) is 0.533. The number of rotatable bonds is 9. The molecule has 0 aliphatic carbocycles. The first-order valence-electron chi connectivity index (χ1n) is 7.15. The van der Waals surface area contributed by atoms with Crippen LogP contribution in [-0.2, 0) is 19.6 Å². The van der Waals surface area contributed by atoms with Gasteiger partial charge in [-0.15, -0.1) is 0 Å². The van der Waals surface area contributed by atoms with Crippen molar-refractivity contribution in [3.63, 3.8) is 0 Å². The molecule has 1 aromatic carbocycles. The van der Waals surface area contributed by atoms with Crippen molar-refractivity contribution in [2.45, 2.75) is 19.8 Å². The SMILES string of the molecule is COCCNC(=O)CCCN(c1ccccc1C)S(C)(=O)=O. The van der Waals surface area contributed by atoms with E-state index >= 15 is 0 Å². The second-order valence-corrected chi connectivity index (χ2v) is 6.97. The van der Waals surface area contributed by atoms with Crippen molar-refractivity contribution in [1.29, 1.82) is 0 Å². The van der Waals surface area contributed by atoms with Crippen LogP contribution in [0.1, 0.15) is 18.4 Å². The normalized spacial score (nSPS) is 11.2. The third-order valence-corrected chi connectivity index (χ3v) is 4.36. The minimum Gasteiger partial charge on any atom is -0.383 e. The van der Waals surface area contributed by atoms with Crippen LogP contribution in [0.15, 0.2) is 24.3 Å². The van der Waals surface area contributed by atoms with Crippen LogP contribution in [0.25, 0.3) is 0 Å². The molecule has 0 aliphatic heterocycles. The van der Waals surface area contributed by atoms with Gasteiger partial charge < -0.3 is 10.1 Å². The molecule has 1 amide bonds. The van der Waals surface area contributed by atoms with Crippen LogP contribution in [0, 0.1) is 6.92 Å². The predicted molar refractivity (Wildman–Crippen MR) is 87.5 cm³/mol. The number of anilines is 1. The molecule has 0 atom stereocenters. The fourth-order valence-electron chi connectivity index (χ4n) is 2.07. The zero-order valence-electron chi connectivity index (χ0n) is 13.3. The van der Waals surface area contributed by atoms with Gasteiger partial charge in [0.05, 0.1) is 18.6 Å². The van der Waals surface area contributed by atoms with E-state index < -0.39 is 10.0 Å². The molecule has 0 bridgehead atoms. The second-order valence-electron chi connectivity index (χ2n) is 5.07. The van der Waals surface area contributed by atoms with Gasteiger partial charge in [0.1, 0.15) is 0 Å². The summed E-state index contributed by atoms with van der Waals surface area (Å²) in [5.41, 5.74) is 1.54. The number of aryl methyl sites for hydroxylation is 1. The highest BCUT2D eigenvalue weighted by molar-refractivity contribution is 7.92. The van der Waals surface area contributed by atoms with E-state index in [4.69, 9.17) is 4.74 Å². The molecule has 1 N–H and O–H groups in total. The molecule has 0 heterocycles. The number of methoxy groups -OCH3 is 1. The van der Waals surface area contributed by atoms with Crippen molar-refractivity contribution in [3.05, 3.63) is 29.8 Å². The Labute approximate surface area is 132 Å². The fourth-order valence-corrected chi connectivity index (χ4v) is 3.10. The number of para-hydroxylation sites is 1. The van der Waals surface area contributed by atoms with E-state index in [9.17, 15) is 13.2 Å². The monoisotopic (exact) mass is 328 g/mol. The van der Waals surface area contributed by atoms with E-state index in [2.05, 4.69) is 5.32 Å². The summed E-state index contributed by atoms with van der Waals surface area (Å²) in [7, 11) is -1.81. The van der Waals surface area contributed by atoms with Gasteiger partial charge in [0.25, 0.3) is 0 Å². The van der Waals surface area contributed by atoms with E-state index in [1.54, 1.807) is 19.2 Å². The molecule has 0 fully saturated rings. The van der Waals surface area contributed by atoms with Gasteiger partial charge in [-0.1, -0.05) is 18.2 Å². The lowest BCUT2D eigenvalue weighted by atomic mass is 10.2. The first-order valence-corrected chi connectivity index (χ1v) is 9.00. The minimum absolute atomic E-state index is 0.102. The Hall–Kier alpha value is -1.60. The molecule has 0 spiro atoms. The zero-order valence-corrected chi connectivity index (χ0v) is 14.1. The first kappa shape index (κ1) is 18.4. The maximum absolute atomic E-state index is 12.0. The highest BCUT2D eigenvalue weighted by Crippen LogP contribution is 2.22. The number of sulfonamides is 1. The lowest BCUT2D eigenvalue weighted by molar-refractivity contribution is -0.121. The second kappa shape index (κ2) is 8.75. The molecule has 1 aromatic rings. The molecular weight excluding hydrogens is 304 g/mol. The van der Waals surface area contributed by atoms with E-state index in [0.29, 0.717) is 25.3 Å². The first-order chi connectivity index (χ1) is 10.4. The van der Waals surface area contributed by atoms with Gasteiger partial charge in [-0.05, 0) is 25.0 Å². The summed E-state index contributed by atoms with van der Waals surface area (Å²) < 4.78 is 30.2. The third-order valence-electron chi connectivity index (χ3n) is 3.18. The Morgan fingerprint density at radius 1 is 1.32 bits per heavy atom. The van der Waals surface area contributed by atoms with E-state index in [-0.39, 0.29) is 18.9 Å². The van der Waals surface area contributed by atoms with Crippen LogP contribution in [0.4, 0.5) is 5.69 Å². The largest absolute Gasteiger partial charge is 0.383 e. The molecule has 6 nitrogen and oxygen atoms in total. The van der Waals surface area contributed by atoms with Gasteiger partial charge in [-0.2, -0.15) is 0 Å². The number of nitrogens with zero attached hydrogens (tertiary/aromatic N) is 1. The summed E-state index contributed by atoms with van der Waals surface area (Å²) in [5, 5.41) is 2.72. The predicted octanol–water partition coefficient (Wildman–Crippen LogP) is 1.30. The Morgan fingerprint density at radius 2 is 2.00 bits per heavy atom. The molecule has 0 aromatic heterocycles. The molecule has 0 saturated carbocycles. The Kier molecular flexibility index (Phi) is 7.34. The highest BCUT2D eigenvalue weighted by Gasteiger charge is 2.18. The van der Waals surface area contributed by atoms with Crippen molar-refractivity contribution < 1.29 is 17.9 Å². The average molecular weight is 328 g/mol. The Bertz CT molecular complexity index is 587. The third kappa shape index (κ3) is 6.03. The van der Waals surface area contributed by atoms with Crippen molar-refractivity contribution in [1.82, 2.24) is 5.32 Å². The van der Waals surface area contributed by atoms with E-state index in [1.807, 2.05) is 19.1 Å². The van der Waals surface area contributed by atoms with Crippen molar-refractivity contribution in [2.75, 3.05) is 37.4 Å². The Morgan fingerprint density at radius 3 is 2.59 bits per heavy atom. The number of nitrogens with one attached hydrogen (secondary N) is 1. The number of ether oxygens (including phenoxy) is 1. The number of carbonyl (C=O) groups excluding carboxylic acids is 1. The number of hydrogen-bond acceptors (Lipinski definition) is 4. The quantitative estimate of drug-likeness (QED) is 0.693. The van der Waals surface area contributed by atoms with Gasteiger partial charge in [0.2, 0.25) is 15.9 Å². The van der Waals surface area contributed by atoms with Gasteiger partial charge in [-0.3, -0.25) is 9.10 Å². The minimum atomic E-state index is -3.38. The summed E-state index contributed by atoms with van der Waals surface area (Å²) >= 11 is 0. The van der Waals surface area contributed by atoms with Gasteiger partial charge in [-0.25, -0.2) is 8.42 Å². The van der Waals surface area contributed by atoms with Gasteiger partial charge in [0.15, 0.2) is 0 Å². The molecular formula is C15H24N2O4S. The molecule has 22 heavy (non-hydrogen) atoms. The van der Waals surface area contributed by atoms with E-state index in [1.165, 1.54) is 10.6 Å². The van der Waals surface area contributed by atoms with Crippen LogP contribution < -0.4 is 9.62 Å². The summed E-state index contributed by atoms with van der Waals surface area (Å²) in [5.74, 6) is -0.102. The van der Waals surface area contributed by atoms with Crippen LogP contribution in [0.2, 0.25) is 0 Å². The highest BCUT2D eigenvalue weighted by atomic mass is 32.2. The van der Waals surface area contributed by atoms with Gasteiger partial charge in [0, 0.05) is 26.6 Å². The average Bonchev–Trinajstić information content (AvgIpc) is 2.44. The summed E-state index contributed by atoms with van der Waals surface area (Å²) in [6, 6.07) is 7.31. The molecule has 124 valence electrons. The summed E-state index contributed by atoms with van der Waals surface area (Å²) in [6.07, 6.45) is 1.92. The standard InChI is InChI=1S/C15H24N2O4S/c1-13-7-4-5-8-14(13)17(22(3,19)20)11-6-9-15(18)16-10-12-21-2/h4-5,7-8H,6,9-12H2,1-3H3,(H,16,18). The Balaban J connectivity index is 2.62. The van der Waals surface area contributed by atoms with Crippen LogP contribution in [0.5, 0.6) is 0 Å².